The van der Waals surface area contributed by atoms with Crippen LogP contribution in [-0.2, 0) is 24.4 Å². The molecule has 0 aliphatic heterocycles. The molecule has 2 aromatic carbocycles. The Kier molecular flexibility index (Phi) is 8.34. The molecule has 0 aromatic heterocycles. The van der Waals surface area contributed by atoms with Crippen molar-refractivity contribution in [3.63, 3.8) is 0 Å². The second-order valence-corrected chi connectivity index (χ2v) is 7.96. The SMILES string of the molecule is COC(=O)NC(=Nc1ccc(NC(C)=O)cc1OS(=O)(=O)c1cccc(C)c1)NC(=O)OC. The number of carbonyl (C=O) groups excluding carboxylic acids is 3. The molecule has 0 heterocycles. The summed E-state index contributed by atoms with van der Waals surface area (Å²) in [6.45, 7) is 2.99. The van der Waals surface area contributed by atoms with Gasteiger partial charge < -0.3 is 19.0 Å². The first-order valence-corrected chi connectivity index (χ1v) is 10.7. The minimum Gasteiger partial charge on any atom is -0.453 e. The van der Waals surface area contributed by atoms with Crippen molar-refractivity contribution in [3.8, 4) is 5.75 Å². The summed E-state index contributed by atoms with van der Waals surface area (Å²) in [5.74, 6) is -1.13. The van der Waals surface area contributed by atoms with E-state index in [0.29, 0.717) is 5.56 Å². The molecule has 0 aliphatic carbocycles. The number of rotatable bonds is 5. The highest BCUT2D eigenvalue weighted by atomic mass is 32.2. The van der Waals surface area contributed by atoms with Gasteiger partial charge in [0.1, 0.15) is 10.6 Å². The third-order valence-electron chi connectivity index (χ3n) is 3.80. The first-order chi connectivity index (χ1) is 15.5. The van der Waals surface area contributed by atoms with Gasteiger partial charge in [-0.2, -0.15) is 8.42 Å². The van der Waals surface area contributed by atoms with Gasteiger partial charge in [-0.05, 0) is 36.8 Å². The van der Waals surface area contributed by atoms with E-state index in [1.165, 1.54) is 37.3 Å². The Hall–Kier alpha value is -4.13. The molecule has 0 fully saturated rings. The fourth-order valence-corrected chi connectivity index (χ4v) is 3.44. The smallest absolute Gasteiger partial charge is 0.413 e. The van der Waals surface area contributed by atoms with Crippen LogP contribution in [0.4, 0.5) is 21.0 Å². The molecule has 0 saturated carbocycles. The molecular weight excluding hydrogens is 456 g/mol. The van der Waals surface area contributed by atoms with E-state index in [-0.39, 0.29) is 22.0 Å². The second kappa shape index (κ2) is 10.9. The van der Waals surface area contributed by atoms with Crippen LogP contribution >= 0.6 is 0 Å². The number of anilines is 1. The van der Waals surface area contributed by atoms with E-state index < -0.39 is 34.2 Å². The van der Waals surface area contributed by atoms with Crippen LogP contribution in [0, 0.1) is 6.92 Å². The number of methoxy groups -OCH3 is 2. The normalized spacial score (nSPS) is 10.4. The fraction of sp³-hybridized carbons (Fsp3) is 0.200. The predicted octanol–water partition coefficient (Wildman–Crippen LogP) is 2.42. The van der Waals surface area contributed by atoms with Crippen molar-refractivity contribution in [2.75, 3.05) is 19.5 Å². The molecule has 3 amide bonds. The monoisotopic (exact) mass is 478 g/mol. The van der Waals surface area contributed by atoms with E-state index in [2.05, 4.69) is 30.4 Å². The van der Waals surface area contributed by atoms with Crippen LogP contribution in [0.5, 0.6) is 5.75 Å². The van der Waals surface area contributed by atoms with E-state index in [1.54, 1.807) is 19.1 Å². The van der Waals surface area contributed by atoms with E-state index in [9.17, 15) is 22.8 Å². The number of nitrogens with zero attached hydrogens (tertiary/aromatic N) is 1. The molecule has 2 aromatic rings. The molecule has 12 nitrogen and oxygen atoms in total. The quantitative estimate of drug-likeness (QED) is 0.335. The molecule has 2 rings (SSSR count). The van der Waals surface area contributed by atoms with Gasteiger partial charge in [-0.25, -0.2) is 14.6 Å². The molecule has 0 aliphatic rings. The summed E-state index contributed by atoms with van der Waals surface area (Å²) in [5.41, 5.74) is 0.805. The molecule has 0 spiro atoms. The van der Waals surface area contributed by atoms with Gasteiger partial charge in [-0.3, -0.25) is 15.4 Å². The Labute approximate surface area is 190 Å². The zero-order valence-electron chi connectivity index (χ0n) is 18.2. The van der Waals surface area contributed by atoms with Crippen LogP contribution in [0.25, 0.3) is 0 Å². The first-order valence-electron chi connectivity index (χ1n) is 9.25. The number of ether oxygens (including phenoxy) is 2. The summed E-state index contributed by atoms with van der Waals surface area (Å²) < 4.78 is 39.9. The number of hydrogen-bond donors (Lipinski definition) is 3. The van der Waals surface area contributed by atoms with Crippen molar-refractivity contribution in [3.05, 3.63) is 48.0 Å². The number of carbonyl (C=O) groups is 3. The Morgan fingerprint density at radius 3 is 2.12 bits per heavy atom. The first kappa shape index (κ1) is 25.1. The average molecular weight is 478 g/mol. The second-order valence-electron chi connectivity index (χ2n) is 6.41. The Bertz CT molecular complexity index is 1170. The summed E-state index contributed by atoms with van der Waals surface area (Å²) >= 11 is 0. The Morgan fingerprint density at radius 2 is 1.58 bits per heavy atom. The maximum atomic E-state index is 12.8. The van der Waals surface area contributed by atoms with E-state index in [0.717, 1.165) is 14.2 Å². The van der Waals surface area contributed by atoms with E-state index >= 15 is 0 Å². The topological polar surface area (TPSA) is 161 Å². The maximum Gasteiger partial charge on any atom is 0.413 e. The highest BCUT2D eigenvalue weighted by Gasteiger charge is 2.20. The predicted molar refractivity (Wildman–Crippen MR) is 118 cm³/mol. The lowest BCUT2D eigenvalue weighted by Crippen LogP contribution is -2.43. The van der Waals surface area contributed by atoms with Gasteiger partial charge >= 0.3 is 22.3 Å². The van der Waals surface area contributed by atoms with Gasteiger partial charge in [-0.1, -0.05) is 12.1 Å². The largest absolute Gasteiger partial charge is 0.453 e. The number of hydrogen-bond acceptors (Lipinski definition) is 9. The molecule has 0 atom stereocenters. The zero-order chi connectivity index (χ0) is 24.6. The van der Waals surface area contributed by atoms with Crippen molar-refractivity contribution in [2.24, 2.45) is 4.99 Å². The lowest BCUT2D eigenvalue weighted by Gasteiger charge is -2.13. The highest BCUT2D eigenvalue weighted by molar-refractivity contribution is 7.87. The minimum atomic E-state index is -4.30. The molecule has 176 valence electrons. The van der Waals surface area contributed by atoms with Gasteiger partial charge in [0.05, 0.1) is 14.2 Å². The van der Waals surface area contributed by atoms with Crippen molar-refractivity contribution < 1.29 is 36.5 Å². The molecule has 3 N–H and O–H groups in total. The molecular formula is C20H22N4O8S. The van der Waals surface area contributed by atoms with Crippen LogP contribution < -0.4 is 20.1 Å². The zero-order valence-corrected chi connectivity index (χ0v) is 19.0. The molecule has 33 heavy (non-hydrogen) atoms. The molecule has 0 unspecified atom stereocenters. The van der Waals surface area contributed by atoms with Gasteiger partial charge in [0.25, 0.3) is 0 Å². The molecule has 0 saturated heterocycles. The number of alkyl carbamates (subject to hydrolysis) is 2. The number of benzene rings is 2. The lowest BCUT2D eigenvalue weighted by atomic mass is 10.2. The van der Waals surface area contributed by atoms with Gasteiger partial charge in [0.15, 0.2) is 5.75 Å². The maximum absolute atomic E-state index is 12.8. The highest BCUT2D eigenvalue weighted by Crippen LogP contribution is 2.33. The summed E-state index contributed by atoms with van der Waals surface area (Å²) in [6, 6.07) is 9.99. The van der Waals surface area contributed by atoms with Crippen molar-refractivity contribution in [1.29, 1.82) is 0 Å². The summed E-state index contributed by atoms with van der Waals surface area (Å²) in [6.07, 6.45) is -1.93. The molecule has 0 radical (unpaired) electrons. The summed E-state index contributed by atoms with van der Waals surface area (Å²) in [7, 11) is -2.11. The third kappa shape index (κ3) is 7.50. The average Bonchev–Trinajstić information content (AvgIpc) is 2.74. The Balaban J connectivity index is 2.56. The Morgan fingerprint density at radius 1 is 0.939 bits per heavy atom. The van der Waals surface area contributed by atoms with Gasteiger partial charge in [-0.15, -0.1) is 0 Å². The van der Waals surface area contributed by atoms with Gasteiger partial charge in [0, 0.05) is 18.7 Å². The standard InChI is InChI=1S/C20H22N4O8S/c1-12-6-5-7-15(10-12)33(28,29)32-17-11-14(21-13(2)25)8-9-16(17)22-18(23-19(26)30-3)24-20(27)31-4/h5-11H,1-4H3,(H,21,25)(H2,22,23,24,26,27). The van der Waals surface area contributed by atoms with Crippen LogP contribution in [0.1, 0.15) is 12.5 Å². The number of amides is 3. The van der Waals surface area contributed by atoms with Crippen molar-refractivity contribution >= 4 is 45.5 Å². The summed E-state index contributed by atoms with van der Waals surface area (Å²) in [5, 5.41) is 6.82. The molecule has 0 bridgehead atoms. The van der Waals surface area contributed by atoms with Crippen molar-refractivity contribution in [2.45, 2.75) is 18.7 Å². The van der Waals surface area contributed by atoms with Crippen LogP contribution in [0.2, 0.25) is 0 Å². The van der Waals surface area contributed by atoms with Crippen LogP contribution in [0.15, 0.2) is 52.4 Å². The number of aliphatic imine (C=N–C) groups is 1. The van der Waals surface area contributed by atoms with Gasteiger partial charge in [0.2, 0.25) is 11.9 Å². The molecule has 13 heteroatoms. The number of aryl methyl sites for hydroxylation is 1. The van der Waals surface area contributed by atoms with Crippen LogP contribution in [-0.4, -0.2) is 46.7 Å². The minimum absolute atomic E-state index is 0.108. The number of nitrogens with one attached hydrogen (secondary N) is 3. The number of guanidine groups is 1. The lowest BCUT2D eigenvalue weighted by molar-refractivity contribution is -0.114. The third-order valence-corrected chi connectivity index (χ3v) is 5.03. The fourth-order valence-electron chi connectivity index (χ4n) is 2.39. The van der Waals surface area contributed by atoms with Crippen LogP contribution in [0.3, 0.4) is 0 Å². The summed E-state index contributed by atoms with van der Waals surface area (Å²) in [4.78, 5) is 38.6. The van der Waals surface area contributed by atoms with E-state index in [4.69, 9.17) is 4.18 Å². The van der Waals surface area contributed by atoms with Crippen molar-refractivity contribution in [1.82, 2.24) is 10.6 Å². The van der Waals surface area contributed by atoms with E-state index in [1.807, 2.05) is 0 Å².